The second-order valence-electron chi connectivity index (χ2n) is 5.58. The molecule has 2 heterocycles. The van der Waals surface area contributed by atoms with Crippen LogP contribution in [-0.2, 0) is 0 Å². The van der Waals surface area contributed by atoms with Gasteiger partial charge in [0.05, 0.1) is 0 Å². The lowest BCUT2D eigenvalue weighted by Crippen LogP contribution is -2.32. The van der Waals surface area contributed by atoms with Crippen molar-refractivity contribution in [2.24, 2.45) is 0 Å². The maximum absolute atomic E-state index is 5.70. The molecule has 0 amide bonds. The molecule has 0 aromatic carbocycles. The monoisotopic (exact) mass is 289 g/mol. The lowest BCUT2D eigenvalue weighted by Gasteiger charge is -2.27. The molecule has 1 aliphatic rings. The van der Waals surface area contributed by atoms with Crippen LogP contribution in [0.1, 0.15) is 40.0 Å². The molecule has 0 radical (unpaired) electrons. The van der Waals surface area contributed by atoms with Crippen LogP contribution in [0.4, 0.5) is 11.9 Å². The summed E-state index contributed by atoms with van der Waals surface area (Å²) in [5.74, 6) is 3.76. The Kier molecular flexibility index (Phi) is 4.84. The van der Waals surface area contributed by atoms with Gasteiger partial charge in [-0.3, -0.25) is 0 Å². The SMILES string of the molecule is C#CC(C)(C)Oc1nc(NCC)nc(N2CCCCC2)n1. The summed E-state index contributed by atoms with van der Waals surface area (Å²) in [4.78, 5) is 15.3. The summed E-state index contributed by atoms with van der Waals surface area (Å²) in [6.45, 7) is 8.29. The van der Waals surface area contributed by atoms with Crippen LogP contribution in [-0.4, -0.2) is 40.2 Å². The number of hydrogen-bond donors (Lipinski definition) is 1. The lowest BCUT2D eigenvalue weighted by atomic mass is 10.1. The molecule has 2 rings (SSSR count). The number of ether oxygens (including phenoxy) is 1. The summed E-state index contributed by atoms with van der Waals surface area (Å²) < 4.78 is 5.70. The van der Waals surface area contributed by atoms with Gasteiger partial charge in [0.2, 0.25) is 11.9 Å². The second kappa shape index (κ2) is 6.61. The van der Waals surface area contributed by atoms with E-state index < -0.39 is 5.60 Å². The van der Waals surface area contributed by atoms with Crippen LogP contribution < -0.4 is 15.0 Å². The van der Waals surface area contributed by atoms with Crippen LogP contribution in [0.5, 0.6) is 6.01 Å². The number of aromatic nitrogens is 3. The van der Waals surface area contributed by atoms with E-state index in [2.05, 4.69) is 31.1 Å². The number of nitrogens with one attached hydrogen (secondary N) is 1. The van der Waals surface area contributed by atoms with Gasteiger partial charge in [-0.1, -0.05) is 5.92 Å². The van der Waals surface area contributed by atoms with Gasteiger partial charge in [-0.15, -0.1) is 6.42 Å². The maximum Gasteiger partial charge on any atom is 0.324 e. The first-order valence-corrected chi connectivity index (χ1v) is 7.46. The third kappa shape index (κ3) is 4.22. The zero-order chi connectivity index (χ0) is 15.3. The van der Waals surface area contributed by atoms with Gasteiger partial charge in [0.1, 0.15) is 0 Å². The third-order valence-corrected chi connectivity index (χ3v) is 3.27. The summed E-state index contributed by atoms with van der Waals surface area (Å²) in [6, 6.07) is 0.268. The molecule has 0 bridgehead atoms. The van der Waals surface area contributed by atoms with E-state index in [9.17, 15) is 0 Å². The Morgan fingerprint density at radius 3 is 2.57 bits per heavy atom. The minimum atomic E-state index is -0.746. The van der Waals surface area contributed by atoms with E-state index in [0.717, 1.165) is 32.5 Å². The van der Waals surface area contributed by atoms with Crippen molar-refractivity contribution in [3.63, 3.8) is 0 Å². The van der Waals surface area contributed by atoms with Gasteiger partial charge >= 0.3 is 6.01 Å². The number of piperidine rings is 1. The molecule has 6 nitrogen and oxygen atoms in total. The van der Waals surface area contributed by atoms with Crippen molar-refractivity contribution in [3.8, 4) is 18.4 Å². The fourth-order valence-electron chi connectivity index (χ4n) is 2.12. The Morgan fingerprint density at radius 1 is 1.24 bits per heavy atom. The normalized spacial score (nSPS) is 15.4. The van der Waals surface area contributed by atoms with E-state index in [-0.39, 0.29) is 6.01 Å². The fourth-order valence-corrected chi connectivity index (χ4v) is 2.12. The predicted octanol–water partition coefficient (Wildman–Crippen LogP) is 2.08. The van der Waals surface area contributed by atoms with Crippen LogP contribution in [0.25, 0.3) is 0 Å². The van der Waals surface area contributed by atoms with E-state index in [1.807, 2.05) is 20.8 Å². The third-order valence-electron chi connectivity index (χ3n) is 3.27. The standard InChI is InChI=1S/C15H23N5O/c1-5-15(3,4)21-14-18-12(16-6-2)17-13(19-14)20-10-8-7-9-11-20/h1H,6-11H2,2-4H3,(H,16,17,18,19). The molecule has 114 valence electrons. The minimum absolute atomic E-state index is 0.268. The largest absolute Gasteiger partial charge is 0.444 e. The van der Waals surface area contributed by atoms with Crippen molar-refractivity contribution in [2.45, 2.75) is 45.6 Å². The van der Waals surface area contributed by atoms with Crippen molar-refractivity contribution in [2.75, 3.05) is 29.9 Å². The molecule has 1 fully saturated rings. The first-order chi connectivity index (χ1) is 10.0. The summed E-state index contributed by atoms with van der Waals surface area (Å²) in [6.07, 6.45) is 9.04. The van der Waals surface area contributed by atoms with Gasteiger partial charge in [0, 0.05) is 19.6 Å². The molecular formula is C15H23N5O. The highest BCUT2D eigenvalue weighted by Gasteiger charge is 2.21. The Morgan fingerprint density at radius 2 is 1.95 bits per heavy atom. The van der Waals surface area contributed by atoms with Crippen LogP contribution >= 0.6 is 0 Å². The van der Waals surface area contributed by atoms with E-state index >= 15 is 0 Å². The highest BCUT2D eigenvalue weighted by atomic mass is 16.5. The van der Waals surface area contributed by atoms with Gasteiger partial charge in [0.25, 0.3) is 0 Å². The first-order valence-electron chi connectivity index (χ1n) is 7.46. The van der Waals surface area contributed by atoms with E-state index in [4.69, 9.17) is 11.2 Å². The van der Waals surface area contributed by atoms with Gasteiger partial charge in [0.15, 0.2) is 5.60 Å². The molecular weight excluding hydrogens is 266 g/mol. The number of anilines is 2. The fraction of sp³-hybridized carbons (Fsp3) is 0.667. The van der Waals surface area contributed by atoms with Gasteiger partial charge in [-0.05, 0) is 40.0 Å². The minimum Gasteiger partial charge on any atom is -0.444 e. The zero-order valence-electron chi connectivity index (χ0n) is 13.0. The lowest BCUT2D eigenvalue weighted by molar-refractivity contribution is 0.156. The zero-order valence-corrected chi connectivity index (χ0v) is 13.0. The quantitative estimate of drug-likeness (QED) is 0.837. The highest BCUT2D eigenvalue weighted by Crippen LogP contribution is 2.21. The first kappa shape index (κ1) is 15.4. The molecule has 1 aromatic heterocycles. The van der Waals surface area contributed by atoms with Crippen LogP contribution in [0.3, 0.4) is 0 Å². The Balaban J connectivity index is 2.27. The predicted molar refractivity (Wildman–Crippen MR) is 83.6 cm³/mol. The summed E-state index contributed by atoms with van der Waals surface area (Å²) in [5.41, 5.74) is -0.746. The average Bonchev–Trinajstić information content (AvgIpc) is 2.48. The van der Waals surface area contributed by atoms with E-state index in [0.29, 0.717) is 11.9 Å². The van der Waals surface area contributed by atoms with Crippen molar-refractivity contribution >= 4 is 11.9 Å². The molecule has 0 saturated carbocycles. The Hall–Kier alpha value is -2.03. The van der Waals surface area contributed by atoms with Crippen molar-refractivity contribution < 1.29 is 4.74 Å². The molecule has 0 unspecified atom stereocenters. The molecule has 6 heteroatoms. The van der Waals surface area contributed by atoms with Gasteiger partial charge in [-0.2, -0.15) is 15.0 Å². The second-order valence-corrected chi connectivity index (χ2v) is 5.58. The number of rotatable bonds is 5. The highest BCUT2D eigenvalue weighted by molar-refractivity contribution is 5.38. The Bertz CT molecular complexity index is 517. The number of terminal acetylenes is 1. The summed E-state index contributed by atoms with van der Waals surface area (Å²) in [7, 11) is 0. The van der Waals surface area contributed by atoms with Gasteiger partial charge < -0.3 is 15.0 Å². The number of nitrogens with zero attached hydrogens (tertiary/aromatic N) is 4. The van der Waals surface area contributed by atoms with E-state index in [1.165, 1.54) is 6.42 Å². The molecule has 1 aromatic rings. The summed E-state index contributed by atoms with van der Waals surface area (Å²) >= 11 is 0. The molecule has 1 aliphatic heterocycles. The Labute approximate surface area is 126 Å². The topological polar surface area (TPSA) is 63.2 Å². The maximum atomic E-state index is 5.70. The van der Waals surface area contributed by atoms with Crippen LogP contribution in [0.2, 0.25) is 0 Å². The van der Waals surface area contributed by atoms with Crippen molar-refractivity contribution in [3.05, 3.63) is 0 Å². The molecule has 0 atom stereocenters. The molecule has 21 heavy (non-hydrogen) atoms. The van der Waals surface area contributed by atoms with E-state index in [1.54, 1.807) is 0 Å². The summed E-state index contributed by atoms with van der Waals surface area (Å²) in [5, 5.41) is 3.11. The number of hydrogen-bond acceptors (Lipinski definition) is 6. The van der Waals surface area contributed by atoms with Crippen molar-refractivity contribution in [1.29, 1.82) is 0 Å². The molecule has 1 saturated heterocycles. The van der Waals surface area contributed by atoms with Gasteiger partial charge in [-0.25, -0.2) is 0 Å². The molecule has 0 aliphatic carbocycles. The average molecular weight is 289 g/mol. The molecule has 0 spiro atoms. The molecule has 1 N–H and O–H groups in total. The van der Waals surface area contributed by atoms with Crippen LogP contribution in [0.15, 0.2) is 0 Å². The smallest absolute Gasteiger partial charge is 0.324 e. The van der Waals surface area contributed by atoms with Crippen molar-refractivity contribution in [1.82, 2.24) is 15.0 Å². The van der Waals surface area contributed by atoms with Crippen LogP contribution in [0, 0.1) is 12.3 Å².